The van der Waals surface area contributed by atoms with Gasteiger partial charge in [-0.25, -0.2) is 0 Å². The summed E-state index contributed by atoms with van der Waals surface area (Å²) in [5.41, 5.74) is 0. The van der Waals surface area contributed by atoms with Gasteiger partial charge in [-0.05, 0) is 25.7 Å². The van der Waals surface area contributed by atoms with Crippen LogP contribution in [0, 0.1) is 5.92 Å². The van der Waals surface area contributed by atoms with Crippen LogP contribution in [0.2, 0.25) is 0 Å². The molecule has 1 heterocycles. The Morgan fingerprint density at radius 1 is 1.38 bits per heavy atom. The first-order chi connectivity index (χ1) is 6.11. The number of carbonyl (C=O) groups excluding carboxylic acids is 2. The topological polar surface area (TPSA) is 49.4 Å². The van der Waals surface area contributed by atoms with Gasteiger partial charge in [-0.3, -0.25) is 9.59 Å². The van der Waals surface area contributed by atoms with E-state index in [0.29, 0.717) is 5.92 Å². The van der Waals surface area contributed by atoms with Gasteiger partial charge < -0.3 is 10.2 Å². The summed E-state index contributed by atoms with van der Waals surface area (Å²) >= 11 is 0. The molecule has 0 radical (unpaired) electrons. The van der Waals surface area contributed by atoms with E-state index in [0.717, 1.165) is 12.8 Å². The fourth-order valence-electron chi connectivity index (χ4n) is 1.92. The summed E-state index contributed by atoms with van der Waals surface area (Å²) in [6.45, 7) is 1.72. The first-order valence-electron chi connectivity index (χ1n) is 4.68. The minimum absolute atomic E-state index is 0.0112. The third-order valence-electron chi connectivity index (χ3n) is 2.83. The predicted molar refractivity (Wildman–Crippen MR) is 46.9 cm³/mol. The van der Waals surface area contributed by atoms with E-state index in [-0.39, 0.29) is 23.9 Å². The maximum Gasteiger partial charge on any atom is 0.245 e. The van der Waals surface area contributed by atoms with Gasteiger partial charge in [0, 0.05) is 7.05 Å². The molecule has 1 aliphatic heterocycles. The van der Waals surface area contributed by atoms with Gasteiger partial charge in [-0.1, -0.05) is 0 Å². The molecule has 4 heteroatoms. The van der Waals surface area contributed by atoms with Crippen molar-refractivity contribution in [3.63, 3.8) is 0 Å². The number of nitrogens with one attached hydrogen (secondary N) is 1. The number of likely N-dealkylation sites (N-methyl/N-ethyl adjacent to an activating group) is 1. The van der Waals surface area contributed by atoms with Gasteiger partial charge >= 0.3 is 0 Å². The highest BCUT2D eigenvalue weighted by molar-refractivity contribution is 5.96. The summed E-state index contributed by atoms with van der Waals surface area (Å²) in [7, 11) is 1.72. The van der Waals surface area contributed by atoms with Crippen molar-refractivity contribution in [2.24, 2.45) is 5.92 Å². The monoisotopic (exact) mass is 182 g/mol. The van der Waals surface area contributed by atoms with Crippen LogP contribution in [-0.2, 0) is 9.59 Å². The van der Waals surface area contributed by atoms with Crippen LogP contribution in [0.4, 0.5) is 0 Å². The molecule has 2 unspecified atom stereocenters. The highest BCUT2D eigenvalue weighted by Gasteiger charge is 2.44. The Hall–Kier alpha value is -1.06. The Bertz CT molecular complexity index is 260. The van der Waals surface area contributed by atoms with Gasteiger partial charge in [0.15, 0.2) is 0 Å². The summed E-state index contributed by atoms with van der Waals surface area (Å²) in [6.07, 6.45) is 2.15. The zero-order chi connectivity index (χ0) is 9.59. The molecule has 0 bridgehead atoms. The Morgan fingerprint density at radius 2 is 2.00 bits per heavy atom. The number of hydrogen-bond donors (Lipinski definition) is 1. The predicted octanol–water partition coefficient (Wildman–Crippen LogP) is -0.258. The van der Waals surface area contributed by atoms with Crippen LogP contribution in [0.3, 0.4) is 0 Å². The number of nitrogens with zero attached hydrogens (tertiary/aromatic N) is 1. The summed E-state index contributed by atoms with van der Waals surface area (Å²) in [6, 6.07) is -0.559. The second-order valence-corrected chi connectivity index (χ2v) is 3.96. The number of hydrogen-bond acceptors (Lipinski definition) is 2. The molecule has 2 fully saturated rings. The molecule has 0 spiro atoms. The molecule has 4 nitrogen and oxygen atoms in total. The van der Waals surface area contributed by atoms with Crippen molar-refractivity contribution in [3.8, 4) is 0 Å². The minimum Gasteiger partial charge on any atom is -0.343 e. The van der Waals surface area contributed by atoms with Crippen LogP contribution in [0.5, 0.6) is 0 Å². The van der Waals surface area contributed by atoms with Crippen molar-refractivity contribution >= 4 is 11.8 Å². The molecular formula is C9H14N2O2. The summed E-state index contributed by atoms with van der Waals surface area (Å²) in [5.74, 6) is 0.440. The molecule has 2 amide bonds. The molecule has 2 atom stereocenters. The first-order valence-corrected chi connectivity index (χ1v) is 4.68. The standard InChI is InChI=1S/C9H14N2O2/c1-5-9(13)11(2)7(6-3-4-6)8(12)10-5/h5-7H,3-4H2,1-2H3,(H,10,12). The molecule has 0 aromatic carbocycles. The Kier molecular flexibility index (Phi) is 1.78. The SMILES string of the molecule is CC1NC(=O)C(C2CC2)N(C)C1=O. The van der Waals surface area contributed by atoms with Crippen molar-refractivity contribution in [1.82, 2.24) is 10.2 Å². The highest BCUT2D eigenvalue weighted by Crippen LogP contribution is 2.36. The molecule has 1 N–H and O–H groups in total. The number of amides is 2. The van der Waals surface area contributed by atoms with E-state index in [4.69, 9.17) is 0 Å². The smallest absolute Gasteiger partial charge is 0.245 e. The number of piperazine rings is 1. The molecule has 13 heavy (non-hydrogen) atoms. The number of rotatable bonds is 1. The zero-order valence-electron chi connectivity index (χ0n) is 7.91. The molecule has 2 rings (SSSR count). The van der Waals surface area contributed by atoms with E-state index in [9.17, 15) is 9.59 Å². The quantitative estimate of drug-likeness (QED) is 0.607. The van der Waals surface area contributed by atoms with Crippen molar-refractivity contribution in [3.05, 3.63) is 0 Å². The van der Waals surface area contributed by atoms with Gasteiger partial charge in [-0.2, -0.15) is 0 Å². The van der Waals surface area contributed by atoms with Gasteiger partial charge in [0.05, 0.1) is 0 Å². The van der Waals surface area contributed by atoms with Crippen LogP contribution in [0.25, 0.3) is 0 Å². The Labute approximate surface area is 77.3 Å². The van der Waals surface area contributed by atoms with E-state index < -0.39 is 0 Å². The lowest BCUT2D eigenvalue weighted by Crippen LogP contribution is -2.61. The lowest BCUT2D eigenvalue weighted by Gasteiger charge is -2.35. The second-order valence-electron chi connectivity index (χ2n) is 3.96. The van der Waals surface area contributed by atoms with Crippen LogP contribution in [0.15, 0.2) is 0 Å². The summed E-state index contributed by atoms with van der Waals surface area (Å²) in [5, 5.41) is 2.70. The molecule has 1 aliphatic carbocycles. The molecule has 0 aromatic rings. The third kappa shape index (κ3) is 1.30. The van der Waals surface area contributed by atoms with Crippen molar-refractivity contribution in [1.29, 1.82) is 0 Å². The van der Waals surface area contributed by atoms with E-state index in [2.05, 4.69) is 5.32 Å². The third-order valence-corrected chi connectivity index (χ3v) is 2.83. The van der Waals surface area contributed by atoms with E-state index in [1.807, 2.05) is 0 Å². The average molecular weight is 182 g/mol. The van der Waals surface area contributed by atoms with E-state index in [1.54, 1.807) is 18.9 Å². The molecule has 0 aromatic heterocycles. The maximum absolute atomic E-state index is 11.5. The van der Waals surface area contributed by atoms with Crippen molar-refractivity contribution < 1.29 is 9.59 Å². The molecule has 1 saturated heterocycles. The molecule has 72 valence electrons. The normalized spacial score (nSPS) is 34.8. The fourth-order valence-corrected chi connectivity index (χ4v) is 1.92. The highest BCUT2D eigenvalue weighted by atomic mass is 16.2. The van der Waals surface area contributed by atoms with Crippen LogP contribution >= 0.6 is 0 Å². The molecule has 1 saturated carbocycles. The largest absolute Gasteiger partial charge is 0.343 e. The summed E-state index contributed by atoms with van der Waals surface area (Å²) < 4.78 is 0. The van der Waals surface area contributed by atoms with Crippen LogP contribution < -0.4 is 5.32 Å². The van der Waals surface area contributed by atoms with Gasteiger partial charge in [0.25, 0.3) is 0 Å². The first kappa shape index (κ1) is 8.53. The van der Waals surface area contributed by atoms with Crippen molar-refractivity contribution in [2.45, 2.75) is 31.8 Å². The Morgan fingerprint density at radius 3 is 2.54 bits per heavy atom. The van der Waals surface area contributed by atoms with Crippen LogP contribution in [-0.4, -0.2) is 35.8 Å². The van der Waals surface area contributed by atoms with Gasteiger partial charge in [0.1, 0.15) is 12.1 Å². The molecule has 2 aliphatic rings. The second kappa shape index (κ2) is 2.72. The zero-order valence-corrected chi connectivity index (χ0v) is 7.91. The van der Waals surface area contributed by atoms with E-state index >= 15 is 0 Å². The summed E-state index contributed by atoms with van der Waals surface area (Å²) in [4.78, 5) is 24.7. The Balaban J connectivity index is 2.17. The molecular weight excluding hydrogens is 168 g/mol. The fraction of sp³-hybridized carbons (Fsp3) is 0.778. The van der Waals surface area contributed by atoms with Gasteiger partial charge in [-0.15, -0.1) is 0 Å². The minimum atomic E-state index is -0.354. The van der Waals surface area contributed by atoms with Gasteiger partial charge in [0.2, 0.25) is 11.8 Å². The van der Waals surface area contributed by atoms with Crippen molar-refractivity contribution in [2.75, 3.05) is 7.05 Å². The average Bonchev–Trinajstić information content (AvgIpc) is 2.84. The number of carbonyl (C=O) groups is 2. The van der Waals surface area contributed by atoms with E-state index in [1.165, 1.54) is 0 Å². The lowest BCUT2D eigenvalue weighted by atomic mass is 10.1. The maximum atomic E-state index is 11.5. The van der Waals surface area contributed by atoms with Crippen LogP contribution in [0.1, 0.15) is 19.8 Å². The lowest BCUT2D eigenvalue weighted by molar-refractivity contribution is -0.147.